The van der Waals surface area contributed by atoms with Gasteiger partial charge in [-0.2, -0.15) is 0 Å². The zero-order valence-electron chi connectivity index (χ0n) is 14.9. The Bertz CT molecular complexity index is 663. The molecule has 2 aromatic rings. The molecular formula is C20H27ClN2O. The Labute approximate surface area is 151 Å². The SMILES string of the molecule is Cc1ccc(C(C)(C)CN(C)C(=O)Cc2ccc(N)cc2)cc1.Cl. The van der Waals surface area contributed by atoms with Gasteiger partial charge in [0.2, 0.25) is 5.91 Å². The van der Waals surface area contributed by atoms with Crippen molar-refractivity contribution in [2.75, 3.05) is 19.3 Å². The molecule has 0 aliphatic carbocycles. The molecule has 2 aromatic carbocycles. The Morgan fingerprint density at radius 3 is 2.12 bits per heavy atom. The van der Waals surface area contributed by atoms with E-state index >= 15 is 0 Å². The van der Waals surface area contributed by atoms with Crippen LogP contribution in [0.2, 0.25) is 0 Å². The Morgan fingerprint density at radius 1 is 1.04 bits per heavy atom. The molecule has 130 valence electrons. The maximum absolute atomic E-state index is 12.5. The van der Waals surface area contributed by atoms with E-state index in [2.05, 4.69) is 45.0 Å². The van der Waals surface area contributed by atoms with Crippen LogP contribution in [-0.4, -0.2) is 24.4 Å². The standard InChI is InChI=1S/C20H26N2O.ClH/c1-15-5-9-17(10-6-15)20(2,3)14-22(4)19(23)13-16-7-11-18(21)12-8-16;/h5-12H,13-14,21H2,1-4H3;1H. The van der Waals surface area contributed by atoms with Gasteiger partial charge in [-0.1, -0.05) is 55.8 Å². The van der Waals surface area contributed by atoms with Crippen LogP contribution in [0.5, 0.6) is 0 Å². The summed E-state index contributed by atoms with van der Waals surface area (Å²) in [4.78, 5) is 14.3. The average molecular weight is 347 g/mol. The first-order valence-corrected chi connectivity index (χ1v) is 7.93. The number of likely N-dealkylation sites (N-methyl/N-ethyl adjacent to an activating group) is 1. The van der Waals surface area contributed by atoms with E-state index in [4.69, 9.17) is 5.73 Å². The van der Waals surface area contributed by atoms with E-state index in [-0.39, 0.29) is 23.7 Å². The summed E-state index contributed by atoms with van der Waals surface area (Å²) in [5.74, 6) is 0.120. The summed E-state index contributed by atoms with van der Waals surface area (Å²) < 4.78 is 0. The molecule has 1 amide bonds. The lowest BCUT2D eigenvalue weighted by Gasteiger charge is -2.31. The van der Waals surface area contributed by atoms with E-state index in [0.29, 0.717) is 13.0 Å². The zero-order chi connectivity index (χ0) is 17.0. The molecule has 0 aliphatic heterocycles. The van der Waals surface area contributed by atoms with Gasteiger partial charge in [0, 0.05) is 24.7 Å². The molecule has 0 unspecified atom stereocenters. The topological polar surface area (TPSA) is 46.3 Å². The fraction of sp³-hybridized carbons (Fsp3) is 0.350. The highest BCUT2D eigenvalue weighted by molar-refractivity contribution is 5.85. The van der Waals surface area contributed by atoms with Gasteiger partial charge in [-0.15, -0.1) is 12.4 Å². The van der Waals surface area contributed by atoms with Crippen molar-refractivity contribution in [3.8, 4) is 0 Å². The first-order valence-electron chi connectivity index (χ1n) is 7.93. The molecule has 0 atom stereocenters. The Kier molecular flexibility index (Phi) is 6.85. The number of carbonyl (C=O) groups excluding carboxylic acids is 1. The molecule has 4 heteroatoms. The fourth-order valence-corrected chi connectivity index (χ4v) is 2.72. The largest absolute Gasteiger partial charge is 0.399 e. The van der Waals surface area contributed by atoms with E-state index in [1.54, 1.807) is 0 Å². The molecule has 3 nitrogen and oxygen atoms in total. The number of aryl methyl sites for hydroxylation is 1. The number of nitrogen functional groups attached to an aromatic ring is 1. The average Bonchev–Trinajstić information content (AvgIpc) is 2.49. The third-order valence-corrected chi connectivity index (χ3v) is 4.23. The van der Waals surface area contributed by atoms with E-state index in [1.807, 2.05) is 36.2 Å². The first kappa shape index (κ1) is 20.0. The summed E-state index contributed by atoms with van der Waals surface area (Å²) in [6.07, 6.45) is 0.404. The van der Waals surface area contributed by atoms with Crippen LogP contribution in [0, 0.1) is 6.92 Å². The molecular weight excluding hydrogens is 320 g/mol. The number of rotatable bonds is 5. The second-order valence-electron chi connectivity index (χ2n) is 6.92. The van der Waals surface area contributed by atoms with Gasteiger partial charge in [0.1, 0.15) is 0 Å². The van der Waals surface area contributed by atoms with Crippen LogP contribution in [0.15, 0.2) is 48.5 Å². The van der Waals surface area contributed by atoms with Gasteiger partial charge in [-0.25, -0.2) is 0 Å². The predicted molar refractivity (Wildman–Crippen MR) is 104 cm³/mol. The maximum atomic E-state index is 12.5. The minimum Gasteiger partial charge on any atom is -0.399 e. The van der Waals surface area contributed by atoms with Crippen LogP contribution >= 0.6 is 12.4 Å². The number of nitrogens with zero attached hydrogens (tertiary/aromatic N) is 1. The van der Waals surface area contributed by atoms with E-state index in [0.717, 1.165) is 11.3 Å². The van der Waals surface area contributed by atoms with Crippen LogP contribution in [-0.2, 0) is 16.6 Å². The van der Waals surface area contributed by atoms with Crippen molar-refractivity contribution in [1.29, 1.82) is 0 Å². The predicted octanol–water partition coefficient (Wildman–Crippen LogP) is 3.98. The van der Waals surface area contributed by atoms with E-state index in [1.165, 1.54) is 11.1 Å². The van der Waals surface area contributed by atoms with E-state index < -0.39 is 0 Å². The summed E-state index contributed by atoms with van der Waals surface area (Å²) >= 11 is 0. The monoisotopic (exact) mass is 346 g/mol. The van der Waals surface area contributed by atoms with Crippen LogP contribution in [0.25, 0.3) is 0 Å². The van der Waals surface area contributed by atoms with Gasteiger partial charge in [0.15, 0.2) is 0 Å². The fourth-order valence-electron chi connectivity index (χ4n) is 2.72. The summed E-state index contributed by atoms with van der Waals surface area (Å²) in [5.41, 5.74) is 9.80. The normalized spacial score (nSPS) is 10.8. The van der Waals surface area contributed by atoms with Gasteiger partial charge in [-0.05, 0) is 30.2 Å². The number of benzene rings is 2. The first-order chi connectivity index (χ1) is 10.8. The van der Waals surface area contributed by atoms with Gasteiger partial charge < -0.3 is 10.6 Å². The highest BCUT2D eigenvalue weighted by atomic mass is 35.5. The number of hydrogen-bond donors (Lipinski definition) is 1. The lowest BCUT2D eigenvalue weighted by Crippen LogP contribution is -2.39. The molecule has 0 radical (unpaired) electrons. The quantitative estimate of drug-likeness (QED) is 0.832. The third kappa shape index (κ3) is 5.27. The Hall–Kier alpha value is -2.00. The molecule has 2 rings (SSSR count). The van der Waals surface area contributed by atoms with Crippen molar-refractivity contribution in [1.82, 2.24) is 4.90 Å². The van der Waals surface area contributed by atoms with Crippen molar-refractivity contribution >= 4 is 24.0 Å². The lowest BCUT2D eigenvalue weighted by atomic mass is 9.83. The number of nitrogens with two attached hydrogens (primary N) is 1. The van der Waals surface area contributed by atoms with Crippen molar-refractivity contribution < 1.29 is 4.79 Å². The van der Waals surface area contributed by atoms with Gasteiger partial charge in [0.05, 0.1) is 6.42 Å². The minimum atomic E-state index is -0.0841. The highest BCUT2D eigenvalue weighted by Gasteiger charge is 2.24. The van der Waals surface area contributed by atoms with Crippen molar-refractivity contribution in [2.24, 2.45) is 0 Å². The number of amides is 1. The van der Waals surface area contributed by atoms with E-state index in [9.17, 15) is 4.79 Å². The molecule has 0 fully saturated rings. The van der Waals surface area contributed by atoms with Crippen molar-refractivity contribution in [2.45, 2.75) is 32.6 Å². The summed E-state index contributed by atoms with van der Waals surface area (Å²) in [5, 5.41) is 0. The van der Waals surface area contributed by atoms with Crippen molar-refractivity contribution in [3.63, 3.8) is 0 Å². The summed E-state index contributed by atoms with van der Waals surface area (Å²) in [6, 6.07) is 16.0. The summed E-state index contributed by atoms with van der Waals surface area (Å²) in [6.45, 7) is 7.11. The molecule has 0 aliphatic rings. The smallest absolute Gasteiger partial charge is 0.226 e. The van der Waals surface area contributed by atoms with Crippen LogP contribution < -0.4 is 5.73 Å². The zero-order valence-corrected chi connectivity index (χ0v) is 15.7. The number of halogens is 1. The van der Waals surface area contributed by atoms with Gasteiger partial charge in [-0.3, -0.25) is 4.79 Å². The third-order valence-electron chi connectivity index (χ3n) is 4.23. The highest BCUT2D eigenvalue weighted by Crippen LogP contribution is 2.24. The maximum Gasteiger partial charge on any atom is 0.226 e. The number of carbonyl (C=O) groups is 1. The molecule has 24 heavy (non-hydrogen) atoms. The Morgan fingerprint density at radius 2 is 1.58 bits per heavy atom. The Balaban J connectivity index is 0.00000288. The second kappa shape index (κ2) is 8.20. The lowest BCUT2D eigenvalue weighted by molar-refractivity contribution is -0.129. The molecule has 0 saturated carbocycles. The van der Waals surface area contributed by atoms with Gasteiger partial charge in [0.25, 0.3) is 0 Å². The number of hydrogen-bond acceptors (Lipinski definition) is 2. The minimum absolute atomic E-state index is 0. The second-order valence-corrected chi connectivity index (χ2v) is 6.92. The number of anilines is 1. The van der Waals surface area contributed by atoms with Gasteiger partial charge >= 0.3 is 0 Å². The molecule has 2 N–H and O–H groups in total. The van der Waals surface area contributed by atoms with Crippen molar-refractivity contribution in [3.05, 3.63) is 65.2 Å². The summed E-state index contributed by atoms with van der Waals surface area (Å²) in [7, 11) is 1.87. The molecule has 0 spiro atoms. The molecule has 0 aromatic heterocycles. The van der Waals surface area contributed by atoms with Crippen LogP contribution in [0.3, 0.4) is 0 Å². The molecule has 0 bridgehead atoms. The van der Waals surface area contributed by atoms with Crippen LogP contribution in [0.1, 0.15) is 30.5 Å². The molecule has 0 saturated heterocycles. The molecule has 0 heterocycles. The van der Waals surface area contributed by atoms with Crippen LogP contribution in [0.4, 0.5) is 5.69 Å².